The monoisotopic (exact) mass is 309 g/mol. The number of aryl methyl sites for hydroxylation is 1. The van der Waals surface area contributed by atoms with E-state index in [1.54, 1.807) is 24.4 Å². The molecule has 1 heterocycles. The molecule has 0 radical (unpaired) electrons. The van der Waals surface area contributed by atoms with Gasteiger partial charge in [0.25, 0.3) is 0 Å². The van der Waals surface area contributed by atoms with Gasteiger partial charge < -0.3 is 5.11 Å². The Kier molecular flexibility index (Phi) is 4.09. The van der Waals surface area contributed by atoms with E-state index in [-0.39, 0.29) is 5.82 Å². The van der Waals surface area contributed by atoms with Gasteiger partial charge in [-0.2, -0.15) is 0 Å². The summed E-state index contributed by atoms with van der Waals surface area (Å²) in [5.41, 5.74) is 2.54. The predicted octanol–water partition coefficient (Wildman–Crippen LogP) is 3.57. The molecule has 1 N–H and O–H groups in total. The molecule has 4 heteroatoms. The van der Waals surface area contributed by atoms with E-state index < -0.39 is 6.10 Å². The van der Waals surface area contributed by atoms with Crippen molar-refractivity contribution in [2.75, 3.05) is 0 Å². The third kappa shape index (κ3) is 3.15. The zero-order valence-electron chi connectivity index (χ0n) is 9.90. The average Bonchev–Trinajstić information content (AvgIpc) is 2.34. The molecule has 0 saturated carbocycles. The third-order valence-electron chi connectivity index (χ3n) is 2.69. The first-order valence-corrected chi connectivity index (χ1v) is 6.40. The van der Waals surface area contributed by atoms with Crippen molar-refractivity contribution in [3.05, 3.63) is 63.6 Å². The summed E-state index contributed by atoms with van der Waals surface area (Å²) in [4.78, 5) is 4.18. The van der Waals surface area contributed by atoms with E-state index in [1.165, 1.54) is 6.07 Å². The van der Waals surface area contributed by atoms with Crippen molar-refractivity contribution in [1.82, 2.24) is 4.98 Å². The first-order valence-electron chi connectivity index (χ1n) is 5.61. The van der Waals surface area contributed by atoms with Gasteiger partial charge in [-0.25, -0.2) is 4.39 Å². The molecule has 0 aliphatic heterocycles. The molecule has 0 saturated heterocycles. The fourth-order valence-electron chi connectivity index (χ4n) is 1.67. The van der Waals surface area contributed by atoms with Crippen molar-refractivity contribution in [3.8, 4) is 0 Å². The Bertz CT molecular complexity index is 542. The second-order valence-corrected chi connectivity index (χ2v) is 5.08. The number of aliphatic hydroxyl groups excluding tert-OH is 1. The molecule has 94 valence electrons. The highest BCUT2D eigenvalue weighted by molar-refractivity contribution is 9.10. The number of nitrogens with zero attached hydrogens (tertiary/aromatic N) is 1. The molecule has 18 heavy (non-hydrogen) atoms. The molecule has 1 aromatic carbocycles. The van der Waals surface area contributed by atoms with E-state index in [9.17, 15) is 9.50 Å². The summed E-state index contributed by atoms with van der Waals surface area (Å²) in [6.45, 7) is 1.94. The number of benzene rings is 1. The van der Waals surface area contributed by atoms with Crippen LogP contribution in [-0.4, -0.2) is 10.1 Å². The van der Waals surface area contributed by atoms with E-state index in [4.69, 9.17) is 0 Å². The van der Waals surface area contributed by atoms with Crippen molar-refractivity contribution in [1.29, 1.82) is 0 Å². The molecule has 0 aliphatic rings. The number of pyridine rings is 1. The van der Waals surface area contributed by atoms with Crippen LogP contribution in [-0.2, 0) is 6.42 Å². The number of aromatic nitrogens is 1. The van der Waals surface area contributed by atoms with E-state index >= 15 is 0 Å². The lowest BCUT2D eigenvalue weighted by Gasteiger charge is -2.10. The van der Waals surface area contributed by atoms with Crippen LogP contribution in [0.25, 0.3) is 0 Å². The second kappa shape index (κ2) is 5.59. The fraction of sp³-hybridized carbons (Fsp3) is 0.214. The second-order valence-electron chi connectivity index (χ2n) is 4.23. The van der Waals surface area contributed by atoms with Gasteiger partial charge in [0.15, 0.2) is 0 Å². The fourth-order valence-corrected chi connectivity index (χ4v) is 2.10. The summed E-state index contributed by atoms with van der Waals surface area (Å²) < 4.78 is 13.5. The van der Waals surface area contributed by atoms with Gasteiger partial charge in [0.05, 0.1) is 16.3 Å². The average molecular weight is 310 g/mol. The SMILES string of the molecule is Cc1ccc(C(O)Cc2ccc(F)c(Br)c2)nc1. The molecule has 2 nitrogen and oxygen atoms in total. The highest BCUT2D eigenvalue weighted by Gasteiger charge is 2.11. The summed E-state index contributed by atoms with van der Waals surface area (Å²) >= 11 is 3.13. The van der Waals surface area contributed by atoms with Crippen molar-refractivity contribution < 1.29 is 9.50 Å². The molecule has 0 bridgehead atoms. The number of aliphatic hydroxyl groups is 1. The molecule has 0 amide bonds. The molecule has 1 atom stereocenters. The first kappa shape index (κ1) is 13.2. The molecular formula is C14H13BrFNO. The Balaban J connectivity index is 2.13. The normalized spacial score (nSPS) is 12.4. The minimum absolute atomic E-state index is 0.304. The summed E-state index contributed by atoms with van der Waals surface area (Å²) in [5.74, 6) is -0.304. The Morgan fingerprint density at radius 1 is 1.33 bits per heavy atom. The molecule has 0 aliphatic carbocycles. The van der Waals surface area contributed by atoms with Crippen LogP contribution in [0.3, 0.4) is 0 Å². The van der Waals surface area contributed by atoms with Gasteiger partial charge in [0, 0.05) is 12.6 Å². The van der Waals surface area contributed by atoms with Gasteiger partial charge >= 0.3 is 0 Å². The van der Waals surface area contributed by atoms with Crippen LogP contribution in [0.2, 0.25) is 0 Å². The summed E-state index contributed by atoms with van der Waals surface area (Å²) in [6, 6.07) is 8.43. The molecular weight excluding hydrogens is 297 g/mol. The van der Waals surface area contributed by atoms with Crippen LogP contribution < -0.4 is 0 Å². The zero-order chi connectivity index (χ0) is 13.1. The highest BCUT2D eigenvalue weighted by atomic mass is 79.9. The number of rotatable bonds is 3. The van der Waals surface area contributed by atoms with Crippen LogP contribution in [0, 0.1) is 12.7 Å². The Morgan fingerprint density at radius 2 is 2.11 bits per heavy atom. The maximum Gasteiger partial charge on any atom is 0.137 e. The van der Waals surface area contributed by atoms with E-state index in [1.807, 2.05) is 13.0 Å². The van der Waals surface area contributed by atoms with E-state index in [0.29, 0.717) is 16.6 Å². The molecule has 2 aromatic rings. The standard InChI is InChI=1S/C14H13BrFNO/c1-9-2-5-13(17-8-9)14(18)7-10-3-4-12(16)11(15)6-10/h2-6,8,14,18H,7H2,1H3. The summed E-state index contributed by atoms with van der Waals surface area (Å²) in [6.07, 6.45) is 1.46. The zero-order valence-corrected chi connectivity index (χ0v) is 11.5. The quantitative estimate of drug-likeness (QED) is 0.940. The largest absolute Gasteiger partial charge is 0.386 e. The lowest BCUT2D eigenvalue weighted by molar-refractivity contribution is 0.173. The molecule has 0 spiro atoms. The maximum atomic E-state index is 13.1. The lowest BCUT2D eigenvalue weighted by Crippen LogP contribution is -2.04. The van der Waals surface area contributed by atoms with E-state index in [2.05, 4.69) is 20.9 Å². The minimum atomic E-state index is -0.678. The molecule has 0 fully saturated rings. The first-order chi connectivity index (χ1) is 8.56. The van der Waals surface area contributed by atoms with Gasteiger partial charge in [0.1, 0.15) is 5.82 Å². The number of halogens is 2. The van der Waals surface area contributed by atoms with Crippen molar-refractivity contribution in [2.24, 2.45) is 0 Å². The Labute approximate surface area is 114 Å². The van der Waals surface area contributed by atoms with Gasteiger partial charge in [-0.1, -0.05) is 12.1 Å². The van der Waals surface area contributed by atoms with Crippen molar-refractivity contribution in [2.45, 2.75) is 19.4 Å². The molecule has 1 aromatic heterocycles. The lowest BCUT2D eigenvalue weighted by atomic mass is 10.0. The maximum absolute atomic E-state index is 13.1. The smallest absolute Gasteiger partial charge is 0.137 e. The van der Waals surface area contributed by atoms with Gasteiger partial charge in [-0.3, -0.25) is 4.98 Å². The highest BCUT2D eigenvalue weighted by Crippen LogP contribution is 2.21. The summed E-state index contributed by atoms with van der Waals surface area (Å²) in [5, 5.41) is 10.1. The van der Waals surface area contributed by atoms with E-state index in [0.717, 1.165) is 11.1 Å². The van der Waals surface area contributed by atoms with Gasteiger partial charge in [-0.15, -0.1) is 0 Å². The summed E-state index contributed by atoms with van der Waals surface area (Å²) in [7, 11) is 0. The van der Waals surface area contributed by atoms with Crippen LogP contribution in [0.1, 0.15) is 22.9 Å². The minimum Gasteiger partial charge on any atom is -0.386 e. The molecule has 2 rings (SSSR count). The van der Waals surface area contributed by atoms with Crippen molar-refractivity contribution in [3.63, 3.8) is 0 Å². The van der Waals surface area contributed by atoms with Crippen molar-refractivity contribution >= 4 is 15.9 Å². The van der Waals surface area contributed by atoms with Gasteiger partial charge in [0.2, 0.25) is 0 Å². The van der Waals surface area contributed by atoms with Crippen LogP contribution in [0.4, 0.5) is 4.39 Å². The van der Waals surface area contributed by atoms with Crippen LogP contribution in [0.15, 0.2) is 41.0 Å². The third-order valence-corrected chi connectivity index (χ3v) is 3.30. The topological polar surface area (TPSA) is 33.1 Å². The predicted molar refractivity (Wildman–Crippen MR) is 71.7 cm³/mol. The Hall–Kier alpha value is -1.26. The van der Waals surface area contributed by atoms with Crippen LogP contribution >= 0.6 is 15.9 Å². The number of hydrogen-bond acceptors (Lipinski definition) is 2. The van der Waals surface area contributed by atoms with Gasteiger partial charge in [-0.05, 0) is 52.2 Å². The molecule has 1 unspecified atom stereocenters. The Morgan fingerprint density at radius 3 is 2.72 bits per heavy atom. The number of hydrogen-bond donors (Lipinski definition) is 1. The van der Waals surface area contributed by atoms with Crippen LogP contribution in [0.5, 0.6) is 0 Å².